The largest absolute Gasteiger partial charge is 0.444 e. The molecule has 0 saturated heterocycles. The van der Waals surface area contributed by atoms with Gasteiger partial charge in [0.15, 0.2) is 5.13 Å². The van der Waals surface area contributed by atoms with Gasteiger partial charge in [-0.05, 0) is 60.1 Å². The fourth-order valence-electron chi connectivity index (χ4n) is 2.37. The Labute approximate surface area is 184 Å². The standard InChI is InChI=1S/C20H28ClN3O3S2/c1-12-16(28-17(22-12)23-18(25)27-19(2,3)4)15(24-29(26)20(5,6)7)13-10-8-9-11-14(13)21/h8-11,15,24H,1-7H3,(H,22,23,25)/t15?,29-/m0/s1. The topological polar surface area (TPSA) is 80.3 Å². The molecule has 0 aliphatic heterocycles. The van der Waals surface area contributed by atoms with Gasteiger partial charge in [-0.25, -0.2) is 18.7 Å². The van der Waals surface area contributed by atoms with E-state index in [9.17, 15) is 9.00 Å². The highest BCUT2D eigenvalue weighted by molar-refractivity contribution is 7.84. The van der Waals surface area contributed by atoms with Gasteiger partial charge in [0.25, 0.3) is 0 Å². The molecule has 29 heavy (non-hydrogen) atoms. The molecule has 2 atom stereocenters. The third-order valence-electron chi connectivity index (χ3n) is 3.70. The number of ether oxygens (including phenoxy) is 1. The van der Waals surface area contributed by atoms with Gasteiger partial charge in [0.05, 0.1) is 32.3 Å². The number of benzene rings is 1. The molecule has 0 fully saturated rings. The van der Waals surface area contributed by atoms with E-state index in [0.29, 0.717) is 15.8 Å². The molecule has 0 aliphatic carbocycles. The fourth-order valence-corrected chi connectivity index (χ4v) is 4.53. The summed E-state index contributed by atoms with van der Waals surface area (Å²) in [5.41, 5.74) is 0.900. The first-order valence-corrected chi connectivity index (χ1v) is 11.5. The molecule has 0 aliphatic rings. The van der Waals surface area contributed by atoms with Crippen molar-refractivity contribution < 1.29 is 13.7 Å². The number of nitrogens with zero attached hydrogens (tertiary/aromatic N) is 1. The molecule has 1 aromatic heterocycles. The zero-order valence-corrected chi connectivity index (χ0v) is 20.1. The summed E-state index contributed by atoms with van der Waals surface area (Å²) in [4.78, 5) is 17.4. The average Bonchev–Trinajstić information content (AvgIpc) is 2.90. The lowest BCUT2D eigenvalue weighted by atomic mass is 10.1. The van der Waals surface area contributed by atoms with Crippen molar-refractivity contribution in [2.24, 2.45) is 0 Å². The Hall–Kier alpha value is -1.48. The number of aryl methyl sites for hydroxylation is 1. The van der Waals surface area contributed by atoms with Gasteiger partial charge in [-0.3, -0.25) is 5.32 Å². The van der Waals surface area contributed by atoms with E-state index in [4.69, 9.17) is 16.3 Å². The molecule has 1 amide bonds. The van der Waals surface area contributed by atoms with Crippen molar-refractivity contribution in [3.05, 3.63) is 45.4 Å². The number of amides is 1. The van der Waals surface area contributed by atoms with E-state index in [2.05, 4.69) is 15.0 Å². The Kier molecular flexibility index (Phi) is 7.48. The first kappa shape index (κ1) is 23.8. The summed E-state index contributed by atoms with van der Waals surface area (Å²) in [6, 6.07) is 6.97. The average molecular weight is 458 g/mol. The smallest absolute Gasteiger partial charge is 0.413 e. The van der Waals surface area contributed by atoms with Crippen molar-refractivity contribution in [1.82, 2.24) is 9.71 Å². The number of halogens is 1. The maximum atomic E-state index is 12.8. The number of carbonyl (C=O) groups excluding carboxylic acids is 1. The summed E-state index contributed by atoms with van der Waals surface area (Å²) in [5.74, 6) is 0. The second-order valence-corrected chi connectivity index (χ2v) is 12.0. The molecule has 6 nitrogen and oxygen atoms in total. The molecule has 0 bridgehead atoms. The summed E-state index contributed by atoms with van der Waals surface area (Å²) in [6.07, 6.45) is -0.571. The predicted molar refractivity (Wildman–Crippen MR) is 121 cm³/mol. The summed E-state index contributed by atoms with van der Waals surface area (Å²) < 4.78 is 20.9. The Balaban J connectivity index is 2.39. The van der Waals surface area contributed by atoms with Gasteiger partial charge in [0, 0.05) is 5.02 Å². The van der Waals surface area contributed by atoms with Gasteiger partial charge in [-0.1, -0.05) is 41.1 Å². The summed E-state index contributed by atoms with van der Waals surface area (Å²) in [7, 11) is -1.34. The zero-order valence-electron chi connectivity index (χ0n) is 17.8. The maximum absolute atomic E-state index is 12.8. The van der Waals surface area contributed by atoms with Gasteiger partial charge in [0.1, 0.15) is 5.60 Å². The molecule has 2 aromatic rings. The number of carbonyl (C=O) groups is 1. The third-order valence-corrected chi connectivity index (χ3v) is 6.74. The predicted octanol–water partition coefficient (Wildman–Crippen LogP) is 5.59. The van der Waals surface area contributed by atoms with E-state index in [1.807, 2.05) is 45.9 Å². The molecule has 2 N–H and O–H groups in total. The number of anilines is 1. The lowest BCUT2D eigenvalue weighted by molar-refractivity contribution is 0.0636. The molecule has 160 valence electrons. The van der Waals surface area contributed by atoms with Crippen LogP contribution < -0.4 is 10.0 Å². The van der Waals surface area contributed by atoms with Crippen LogP contribution in [0.1, 0.15) is 63.7 Å². The fraction of sp³-hybridized carbons (Fsp3) is 0.500. The Morgan fingerprint density at radius 1 is 1.21 bits per heavy atom. The van der Waals surface area contributed by atoms with Crippen molar-refractivity contribution in [1.29, 1.82) is 0 Å². The Morgan fingerprint density at radius 3 is 2.38 bits per heavy atom. The van der Waals surface area contributed by atoms with Crippen molar-refractivity contribution in [3.8, 4) is 0 Å². The van der Waals surface area contributed by atoms with Crippen molar-refractivity contribution in [2.45, 2.75) is 64.9 Å². The minimum atomic E-state index is -1.34. The maximum Gasteiger partial charge on any atom is 0.413 e. The Bertz CT molecular complexity index is 901. The van der Waals surface area contributed by atoms with Crippen LogP contribution in [-0.4, -0.2) is 25.6 Å². The van der Waals surface area contributed by atoms with Gasteiger partial charge in [-0.2, -0.15) is 0 Å². The monoisotopic (exact) mass is 457 g/mol. The van der Waals surface area contributed by atoms with Gasteiger partial charge in [-0.15, -0.1) is 0 Å². The summed E-state index contributed by atoms with van der Waals surface area (Å²) in [6.45, 7) is 12.9. The number of rotatable bonds is 5. The number of aromatic nitrogens is 1. The van der Waals surface area contributed by atoms with E-state index in [-0.39, 0.29) is 0 Å². The first-order chi connectivity index (χ1) is 13.3. The molecular weight excluding hydrogens is 430 g/mol. The second-order valence-electron chi connectivity index (χ2n) is 8.55. The van der Waals surface area contributed by atoms with Crippen LogP contribution in [0.3, 0.4) is 0 Å². The molecular formula is C20H28ClN3O3S2. The quantitative estimate of drug-likeness (QED) is 0.612. The van der Waals surface area contributed by atoms with E-state index >= 15 is 0 Å². The molecule has 0 saturated carbocycles. The van der Waals surface area contributed by atoms with E-state index < -0.39 is 33.5 Å². The van der Waals surface area contributed by atoms with Crippen LogP contribution in [0.25, 0.3) is 0 Å². The Morgan fingerprint density at radius 2 is 1.83 bits per heavy atom. The number of thiazole rings is 1. The lowest BCUT2D eigenvalue weighted by Gasteiger charge is -2.25. The van der Waals surface area contributed by atoms with Crippen LogP contribution in [0.5, 0.6) is 0 Å². The molecule has 9 heteroatoms. The highest BCUT2D eigenvalue weighted by Gasteiger charge is 2.29. The molecule has 0 radical (unpaired) electrons. The number of hydrogen-bond donors (Lipinski definition) is 2. The molecule has 1 unspecified atom stereocenters. The number of nitrogens with one attached hydrogen (secondary N) is 2. The van der Waals surface area contributed by atoms with Crippen molar-refractivity contribution >= 4 is 45.1 Å². The number of hydrogen-bond acceptors (Lipinski definition) is 5. The minimum absolute atomic E-state index is 0.409. The van der Waals surface area contributed by atoms with Crippen molar-refractivity contribution in [2.75, 3.05) is 5.32 Å². The molecule has 1 heterocycles. The second kappa shape index (κ2) is 9.12. The van der Waals surface area contributed by atoms with E-state index in [1.54, 1.807) is 26.8 Å². The van der Waals surface area contributed by atoms with Crippen LogP contribution >= 0.6 is 22.9 Å². The van der Waals surface area contributed by atoms with Crippen molar-refractivity contribution in [3.63, 3.8) is 0 Å². The summed E-state index contributed by atoms with van der Waals surface area (Å²) in [5, 5.41) is 3.64. The molecule has 1 aromatic carbocycles. The van der Waals surface area contributed by atoms with Crippen LogP contribution in [0.4, 0.5) is 9.93 Å². The lowest BCUT2D eigenvalue weighted by Crippen LogP contribution is -2.36. The van der Waals surface area contributed by atoms with Crippen LogP contribution in [0.2, 0.25) is 5.02 Å². The minimum Gasteiger partial charge on any atom is -0.444 e. The SMILES string of the molecule is Cc1nc(NC(=O)OC(C)(C)C)sc1C(N[S@@](=O)C(C)(C)C)c1ccccc1Cl. The first-order valence-electron chi connectivity index (χ1n) is 9.18. The molecule has 2 rings (SSSR count). The molecule has 0 spiro atoms. The van der Waals surface area contributed by atoms with Crippen LogP contribution in [0.15, 0.2) is 24.3 Å². The van der Waals surface area contributed by atoms with Crippen LogP contribution in [-0.2, 0) is 15.7 Å². The van der Waals surface area contributed by atoms with Gasteiger partial charge in [0.2, 0.25) is 0 Å². The van der Waals surface area contributed by atoms with Gasteiger partial charge < -0.3 is 4.74 Å². The van der Waals surface area contributed by atoms with Gasteiger partial charge >= 0.3 is 6.09 Å². The summed E-state index contributed by atoms with van der Waals surface area (Å²) >= 11 is 7.74. The van der Waals surface area contributed by atoms with E-state index in [0.717, 1.165) is 10.4 Å². The van der Waals surface area contributed by atoms with E-state index in [1.165, 1.54) is 11.3 Å². The highest BCUT2D eigenvalue weighted by atomic mass is 35.5. The van der Waals surface area contributed by atoms with Crippen LogP contribution in [0, 0.1) is 6.92 Å². The third kappa shape index (κ3) is 6.77. The highest BCUT2D eigenvalue weighted by Crippen LogP contribution is 2.36. The normalized spacial score (nSPS) is 14.3. The zero-order chi connectivity index (χ0) is 22.0.